The molecular weight excluding hydrogens is 234 g/mol. The van der Waals surface area contributed by atoms with Gasteiger partial charge >= 0.3 is 0 Å². The molecule has 1 saturated carbocycles. The van der Waals surface area contributed by atoms with Crippen LogP contribution in [0.25, 0.3) is 0 Å². The van der Waals surface area contributed by atoms with E-state index in [1.54, 1.807) is 0 Å². The zero-order valence-corrected chi connectivity index (χ0v) is 12.9. The van der Waals surface area contributed by atoms with Crippen molar-refractivity contribution < 1.29 is 0 Å². The van der Waals surface area contributed by atoms with E-state index in [4.69, 9.17) is 5.73 Å². The molecule has 0 radical (unpaired) electrons. The standard InChI is InChI=1S/C16H29N3/c1-16(2,3)13-7-5-12(6-8-13)14(17)11-15-18-9-10-19(15)4/h9-10,12-14H,5-8,11,17H2,1-4H3. The molecule has 1 aromatic heterocycles. The molecule has 0 bridgehead atoms. The fourth-order valence-corrected chi connectivity index (χ4v) is 3.38. The first-order chi connectivity index (χ1) is 8.88. The van der Waals surface area contributed by atoms with Crippen LogP contribution in [0, 0.1) is 17.3 Å². The summed E-state index contributed by atoms with van der Waals surface area (Å²) in [5, 5.41) is 0. The fourth-order valence-electron chi connectivity index (χ4n) is 3.38. The summed E-state index contributed by atoms with van der Waals surface area (Å²) in [6.07, 6.45) is 10.0. The first-order valence-electron chi connectivity index (χ1n) is 7.59. The maximum Gasteiger partial charge on any atom is 0.109 e. The summed E-state index contributed by atoms with van der Waals surface area (Å²) in [4.78, 5) is 4.39. The van der Waals surface area contributed by atoms with Crippen LogP contribution in [0.5, 0.6) is 0 Å². The highest BCUT2D eigenvalue weighted by Gasteiger charge is 2.32. The third-order valence-corrected chi connectivity index (χ3v) is 4.94. The number of aromatic nitrogens is 2. The Kier molecular flexibility index (Phi) is 4.34. The van der Waals surface area contributed by atoms with Crippen LogP contribution in [-0.4, -0.2) is 15.6 Å². The monoisotopic (exact) mass is 263 g/mol. The summed E-state index contributed by atoms with van der Waals surface area (Å²) in [5.41, 5.74) is 6.86. The van der Waals surface area contributed by atoms with Gasteiger partial charge in [0.2, 0.25) is 0 Å². The van der Waals surface area contributed by atoms with Crippen molar-refractivity contribution in [2.24, 2.45) is 30.0 Å². The number of hydrogen-bond acceptors (Lipinski definition) is 2. The van der Waals surface area contributed by atoms with Crippen LogP contribution in [0.2, 0.25) is 0 Å². The second-order valence-electron chi connectivity index (χ2n) is 7.30. The van der Waals surface area contributed by atoms with Crippen LogP contribution in [0.15, 0.2) is 12.4 Å². The van der Waals surface area contributed by atoms with Gasteiger partial charge in [-0.05, 0) is 42.9 Å². The number of nitrogens with two attached hydrogens (primary N) is 1. The van der Waals surface area contributed by atoms with Crippen molar-refractivity contribution in [3.63, 3.8) is 0 Å². The van der Waals surface area contributed by atoms with E-state index in [2.05, 4.69) is 30.3 Å². The molecule has 1 fully saturated rings. The molecule has 3 heteroatoms. The molecule has 0 aliphatic heterocycles. The van der Waals surface area contributed by atoms with Gasteiger partial charge in [-0.2, -0.15) is 0 Å². The zero-order valence-electron chi connectivity index (χ0n) is 12.9. The van der Waals surface area contributed by atoms with Crippen molar-refractivity contribution in [1.82, 2.24) is 9.55 Å². The number of hydrogen-bond donors (Lipinski definition) is 1. The van der Waals surface area contributed by atoms with E-state index in [0.29, 0.717) is 11.3 Å². The molecule has 0 spiro atoms. The Balaban J connectivity index is 1.86. The summed E-state index contributed by atoms with van der Waals surface area (Å²) in [5.74, 6) is 2.66. The van der Waals surface area contributed by atoms with Gasteiger partial charge in [-0.25, -0.2) is 4.98 Å². The number of nitrogens with zero attached hydrogens (tertiary/aromatic N) is 2. The Hall–Kier alpha value is -0.830. The Morgan fingerprint density at radius 2 is 1.95 bits per heavy atom. The van der Waals surface area contributed by atoms with Gasteiger partial charge in [-0.3, -0.25) is 0 Å². The van der Waals surface area contributed by atoms with Gasteiger partial charge in [-0.1, -0.05) is 20.8 Å². The molecule has 0 aromatic carbocycles. The lowest BCUT2D eigenvalue weighted by molar-refractivity contribution is 0.139. The van der Waals surface area contributed by atoms with E-state index in [0.717, 1.165) is 18.2 Å². The predicted molar refractivity (Wildman–Crippen MR) is 79.8 cm³/mol. The Morgan fingerprint density at radius 3 is 2.42 bits per heavy atom. The van der Waals surface area contributed by atoms with Crippen molar-refractivity contribution >= 4 is 0 Å². The van der Waals surface area contributed by atoms with Crippen LogP contribution in [-0.2, 0) is 13.5 Å². The van der Waals surface area contributed by atoms with Crippen LogP contribution < -0.4 is 5.73 Å². The Bertz CT molecular complexity index is 394. The van der Waals surface area contributed by atoms with Crippen LogP contribution in [0.4, 0.5) is 0 Å². The quantitative estimate of drug-likeness (QED) is 0.910. The molecule has 2 rings (SSSR count). The minimum absolute atomic E-state index is 0.266. The van der Waals surface area contributed by atoms with Gasteiger partial charge in [0.25, 0.3) is 0 Å². The third-order valence-electron chi connectivity index (χ3n) is 4.94. The van der Waals surface area contributed by atoms with Crippen LogP contribution in [0.3, 0.4) is 0 Å². The van der Waals surface area contributed by atoms with E-state index in [-0.39, 0.29) is 6.04 Å². The summed E-state index contributed by atoms with van der Waals surface area (Å²) in [7, 11) is 2.05. The van der Waals surface area contributed by atoms with Gasteiger partial charge in [0, 0.05) is 31.9 Å². The molecule has 108 valence electrons. The zero-order chi connectivity index (χ0) is 14.0. The third kappa shape index (κ3) is 3.59. The molecule has 1 aliphatic rings. The van der Waals surface area contributed by atoms with Crippen molar-refractivity contribution in [2.45, 2.75) is 58.9 Å². The van der Waals surface area contributed by atoms with Gasteiger partial charge in [0.15, 0.2) is 0 Å². The van der Waals surface area contributed by atoms with Crippen LogP contribution >= 0.6 is 0 Å². The number of aryl methyl sites for hydroxylation is 1. The molecule has 0 saturated heterocycles. The first-order valence-corrected chi connectivity index (χ1v) is 7.59. The Morgan fingerprint density at radius 1 is 1.32 bits per heavy atom. The van der Waals surface area contributed by atoms with Crippen LogP contribution in [0.1, 0.15) is 52.3 Å². The van der Waals surface area contributed by atoms with Crippen molar-refractivity contribution in [1.29, 1.82) is 0 Å². The van der Waals surface area contributed by atoms with Crippen molar-refractivity contribution in [2.75, 3.05) is 0 Å². The SMILES string of the molecule is Cn1ccnc1CC(N)C1CCC(C(C)(C)C)CC1. The molecule has 1 aliphatic carbocycles. The molecule has 1 unspecified atom stereocenters. The second kappa shape index (κ2) is 5.66. The highest BCUT2D eigenvalue weighted by molar-refractivity contribution is 4.96. The number of rotatable bonds is 3. The van der Waals surface area contributed by atoms with Gasteiger partial charge in [0.05, 0.1) is 0 Å². The minimum Gasteiger partial charge on any atom is -0.338 e. The molecule has 2 N–H and O–H groups in total. The molecule has 1 aromatic rings. The largest absolute Gasteiger partial charge is 0.338 e. The van der Waals surface area contributed by atoms with E-state index in [1.807, 2.05) is 19.4 Å². The highest BCUT2D eigenvalue weighted by Crippen LogP contribution is 2.40. The van der Waals surface area contributed by atoms with Gasteiger partial charge < -0.3 is 10.3 Å². The lowest BCUT2D eigenvalue weighted by Gasteiger charge is -2.38. The van der Waals surface area contributed by atoms with Gasteiger partial charge in [0.1, 0.15) is 5.82 Å². The summed E-state index contributed by atoms with van der Waals surface area (Å²) < 4.78 is 2.08. The van der Waals surface area contributed by atoms with E-state index < -0.39 is 0 Å². The van der Waals surface area contributed by atoms with E-state index in [9.17, 15) is 0 Å². The average Bonchev–Trinajstić information content (AvgIpc) is 2.74. The normalized spacial score (nSPS) is 26.4. The smallest absolute Gasteiger partial charge is 0.109 e. The fraction of sp³-hybridized carbons (Fsp3) is 0.812. The molecular formula is C16H29N3. The predicted octanol–water partition coefficient (Wildman–Crippen LogP) is 3.14. The second-order valence-corrected chi connectivity index (χ2v) is 7.30. The molecule has 19 heavy (non-hydrogen) atoms. The molecule has 3 nitrogen and oxygen atoms in total. The summed E-state index contributed by atoms with van der Waals surface area (Å²) in [6.45, 7) is 7.10. The average molecular weight is 263 g/mol. The molecule has 0 amide bonds. The van der Waals surface area contributed by atoms with E-state index in [1.165, 1.54) is 25.7 Å². The minimum atomic E-state index is 0.266. The van der Waals surface area contributed by atoms with Crippen molar-refractivity contribution in [3.8, 4) is 0 Å². The highest BCUT2D eigenvalue weighted by atomic mass is 15.0. The van der Waals surface area contributed by atoms with Gasteiger partial charge in [-0.15, -0.1) is 0 Å². The summed E-state index contributed by atoms with van der Waals surface area (Å²) >= 11 is 0. The topological polar surface area (TPSA) is 43.8 Å². The van der Waals surface area contributed by atoms with Crippen molar-refractivity contribution in [3.05, 3.63) is 18.2 Å². The maximum absolute atomic E-state index is 6.41. The Labute approximate surface area is 117 Å². The molecule has 1 heterocycles. The number of imidazole rings is 1. The molecule has 1 atom stereocenters. The first kappa shape index (κ1) is 14.6. The lowest BCUT2D eigenvalue weighted by Crippen LogP contribution is -2.37. The lowest BCUT2D eigenvalue weighted by atomic mass is 9.68. The summed E-state index contributed by atoms with van der Waals surface area (Å²) in [6, 6.07) is 0.266. The van der Waals surface area contributed by atoms with E-state index >= 15 is 0 Å². The maximum atomic E-state index is 6.41.